The molecular weight excluding hydrogens is 476 g/mol. The number of nitrogens with zero attached hydrogens (tertiary/aromatic N) is 2. The summed E-state index contributed by atoms with van der Waals surface area (Å²) in [5, 5.41) is 11.4. The van der Waals surface area contributed by atoms with Gasteiger partial charge < -0.3 is 29.0 Å². The number of ketones is 1. The summed E-state index contributed by atoms with van der Waals surface area (Å²) in [5.74, 6) is 0.145. The maximum Gasteiger partial charge on any atom is 0.295 e. The van der Waals surface area contributed by atoms with E-state index in [0.29, 0.717) is 61.2 Å². The molecule has 3 aliphatic heterocycles. The number of amides is 1. The Bertz CT molecular complexity index is 1190. The van der Waals surface area contributed by atoms with Crippen LogP contribution in [0.5, 0.6) is 17.2 Å². The Morgan fingerprint density at radius 2 is 1.86 bits per heavy atom. The van der Waals surface area contributed by atoms with E-state index in [1.807, 2.05) is 31.2 Å². The molecule has 0 saturated carbocycles. The van der Waals surface area contributed by atoms with Crippen LogP contribution in [0.4, 0.5) is 0 Å². The second kappa shape index (κ2) is 11.2. The highest BCUT2D eigenvalue weighted by molar-refractivity contribution is 6.46. The SMILES string of the molecule is CCCOc1cccc(C2/C(=C(\O)c3ccc4c(c3)OCO4)C(=O)C(=O)N2CCCN2CCOCC2)c1. The highest BCUT2D eigenvalue weighted by Crippen LogP contribution is 2.42. The Balaban J connectivity index is 1.49. The van der Waals surface area contributed by atoms with Crippen LogP contribution in [0, 0.1) is 0 Å². The summed E-state index contributed by atoms with van der Waals surface area (Å²) in [5.41, 5.74) is 1.16. The van der Waals surface area contributed by atoms with E-state index in [1.165, 1.54) is 0 Å². The Labute approximate surface area is 216 Å². The molecule has 3 heterocycles. The summed E-state index contributed by atoms with van der Waals surface area (Å²) in [6.07, 6.45) is 1.55. The lowest BCUT2D eigenvalue weighted by atomic mass is 9.95. The number of ether oxygens (including phenoxy) is 4. The molecule has 1 atom stereocenters. The molecule has 1 N–H and O–H groups in total. The number of carbonyl (C=O) groups is 2. The van der Waals surface area contributed by atoms with Gasteiger partial charge in [-0.05, 0) is 48.7 Å². The molecule has 2 aromatic rings. The van der Waals surface area contributed by atoms with Gasteiger partial charge in [0.2, 0.25) is 6.79 Å². The van der Waals surface area contributed by atoms with Crippen molar-refractivity contribution in [1.29, 1.82) is 0 Å². The number of morpholine rings is 1. The summed E-state index contributed by atoms with van der Waals surface area (Å²) in [4.78, 5) is 30.5. The lowest BCUT2D eigenvalue weighted by Gasteiger charge is -2.29. The molecule has 196 valence electrons. The molecule has 1 unspecified atom stereocenters. The van der Waals surface area contributed by atoms with Gasteiger partial charge in [0.25, 0.3) is 11.7 Å². The van der Waals surface area contributed by atoms with E-state index in [-0.39, 0.29) is 18.1 Å². The summed E-state index contributed by atoms with van der Waals surface area (Å²) < 4.78 is 22.1. The molecule has 37 heavy (non-hydrogen) atoms. The second-order valence-corrected chi connectivity index (χ2v) is 9.29. The van der Waals surface area contributed by atoms with E-state index in [0.717, 1.165) is 26.1 Å². The number of rotatable bonds is 9. The third kappa shape index (κ3) is 5.28. The Morgan fingerprint density at radius 1 is 1.05 bits per heavy atom. The molecule has 2 fully saturated rings. The number of likely N-dealkylation sites (tertiary alicyclic amines) is 1. The summed E-state index contributed by atoms with van der Waals surface area (Å²) in [7, 11) is 0. The van der Waals surface area contributed by atoms with Crippen LogP contribution in [0.25, 0.3) is 5.76 Å². The maximum atomic E-state index is 13.3. The van der Waals surface area contributed by atoms with Crippen LogP contribution in [0.15, 0.2) is 48.0 Å². The zero-order chi connectivity index (χ0) is 25.8. The largest absolute Gasteiger partial charge is 0.507 e. The van der Waals surface area contributed by atoms with E-state index in [1.54, 1.807) is 23.1 Å². The minimum Gasteiger partial charge on any atom is -0.507 e. The van der Waals surface area contributed by atoms with E-state index >= 15 is 0 Å². The van der Waals surface area contributed by atoms with Gasteiger partial charge in [0.15, 0.2) is 11.5 Å². The molecule has 1 amide bonds. The van der Waals surface area contributed by atoms with Crippen molar-refractivity contribution < 1.29 is 33.6 Å². The van der Waals surface area contributed by atoms with E-state index in [4.69, 9.17) is 18.9 Å². The monoisotopic (exact) mass is 508 g/mol. The van der Waals surface area contributed by atoms with E-state index in [9.17, 15) is 14.7 Å². The third-order valence-electron chi connectivity index (χ3n) is 6.81. The van der Waals surface area contributed by atoms with Gasteiger partial charge in [0.05, 0.1) is 31.4 Å². The fourth-order valence-electron chi connectivity index (χ4n) is 4.94. The topological polar surface area (TPSA) is 97.8 Å². The van der Waals surface area contributed by atoms with Crippen LogP contribution in [0.2, 0.25) is 0 Å². The van der Waals surface area contributed by atoms with Gasteiger partial charge in [0.1, 0.15) is 11.5 Å². The first kappa shape index (κ1) is 25.1. The minimum absolute atomic E-state index is 0.0582. The molecule has 9 nitrogen and oxygen atoms in total. The van der Waals surface area contributed by atoms with Gasteiger partial charge in [-0.1, -0.05) is 19.1 Å². The highest BCUT2D eigenvalue weighted by atomic mass is 16.7. The number of aliphatic hydroxyl groups is 1. The Kier molecular flexibility index (Phi) is 7.62. The van der Waals surface area contributed by atoms with E-state index in [2.05, 4.69) is 4.90 Å². The zero-order valence-corrected chi connectivity index (χ0v) is 21.0. The first-order valence-corrected chi connectivity index (χ1v) is 12.8. The first-order valence-electron chi connectivity index (χ1n) is 12.8. The molecule has 0 radical (unpaired) electrons. The fourth-order valence-corrected chi connectivity index (χ4v) is 4.94. The summed E-state index contributed by atoms with van der Waals surface area (Å²) >= 11 is 0. The average Bonchev–Trinajstić information content (AvgIpc) is 3.50. The van der Waals surface area contributed by atoms with Crippen LogP contribution in [0.1, 0.15) is 36.9 Å². The van der Waals surface area contributed by atoms with Gasteiger partial charge in [0, 0.05) is 31.7 Å². The molecule has 0 spiro atoms. The van der Waals surface area contributed by atoms with E-state index < -0.39 is 17.7 Å². The lowest BCUT2D eigenvalue weighted by molar-refractivity contribution is -0.140. The average molecular weight is 509 g/mol. The summed E-state index contributed by atoms with van der Waals surface area (Å²) in [6.45, 7) is 6.95. The van der Waals surface area contributed by atoms with Crippen molar-refractivity contribution in [3.63, 3.8) is 0 Å². The third-order valence-corrected chi connectivity index (χ3v) is 6.81. The van der Waals surface area contributed by atoms with Crippen LogP contribution in [-0.4, -0.2) is 79.4 Å². The number of fused-ring (bicyclic) bond motifs is 1. The van der Waals surface area contributed by atoms with Crippen molar-refractivity contribution in [2.75, 3.05) is 52.8 Å². The number of hydrogen-bond donors (Lipinski definition) is 1. The predicted molar refractivity (Wildman–Crippen MR) is 136 cm³/mol. The molecular formula is C28H32N2O7. The molecule has 5 rings (SSSR count). The van der Waals surface area contributed by atoms with Gasteiger partial charge in [-0.2, -0.15) is 0 Å². The molecule has 2 aromatic carbocycles. The number of hydrogen-bond acceptors (Lipinski definition) is 8. The molecule has 0 bridgehead atoms. The van der Waals surface area contributed by atoms with Gasteiger partial charge in [-0.15, -0.1) is 0 Å². The standard InChI is InChI=1S/C28H32N2O7/c1-2-13-35-21-6-3-5-19(16-21)25-24(26(31)20-7-8-22-23(17-20)37-18-36-22)27(32)28(33)30(25)10-4-9-29-11-14-34-15-12-29/h3,5-8,16-17,25,31H,2,4,9-15,18H2,1H3/b26-24+. The normalized spacial score (nSPS) is 21.0. The Hall–Kier alpha value is -3.56. The van der Waals surface area contributed by atoms with Gasteiger partial charge >= 0.3 is 0 Å². The predicted octanol–water partition coefficient (Wildman–Crippen LogP) is 3.35. The van der Waals surface area contributed by atoms with Gasteiger partial charge in [-0.3, -0.25) is 14.5 Å². The fraction of sp³-hybridized carbons (Fsp3) is 0.429. The molecule has 0 aromatic heterocycles. The van der Waals surface area contributed by atoms with Crippen molar-refractivity contribution >= 4 is 17.4 Å². The summed E-state index contributed by atoms with van der Waals surface area (Å²) in [6, 6.07) is 11.6. The van der Waals surface area contributed by atoms with Crippen LogP contribution in [-0.2, 0) is 14.3 Å². The number of benzene rings is 2. The first-order chi connectivity index (χ1) is 18.1. The molecule has 2 saturated heterocycles. The Morgan fingerprint density at radius 3 is 2.68 bits per heavy atom. The number of aliphatic hydroxyl groups excluding tert-OH is 1. The van der Waals surface area contributed by atoms with Crippen molar-refractivity contribution in [2.45, 2.75) is 25.8 Å². The minimum atomic E-state index is -0.736. The number of carbonyl (C=O) groups excluding carboxylic acids is 2. The molecule has 0 aliphatic carbocycles. The highest BCUT2D eigenvalue weighted by Gasteiger charge is 2.46. The van der Waals surface area contributed by atoms with Crippen molar-refractivity contribution in [1.82, 2.24) is 9.80 Å². The van der Waals surface area contributed by atoms with Crippen molar-refractivity contribution in [3.8, 4) is 17.2 Å². The van der Waals surface area contributed by atoms with Crippen LogP contribution in [0.3, 0.4) is 0 Å². The maximum absolute atomic E-state index is 13.3. The quantitative estimate of drug-likeness (QED) is 0.313. The lowest BCUT2D eigenvalue weighted by Crippen LogP contribution is -2.38. The molecule has 3 aliphatic rings. The van der Waals surface area contributed by atoms with Crippen LogP contribution >= 0.6 is 0 Å². The smallest absolute Gasteiger partial charge is 0.295 e. The second-order valence-electron chi connectivity index (χ2n) is 9.29. The van der Waals surface area contributed by atoms with Gasteiger partial charge in [-0.25, -0.2) is 0 Å². The van der Waals surface area contributed by atoms with Crippen molar-refractivity contribution in [3.05, 3.63) is 59.2 Å². The van der Waals surface area contributed by atoms with Crippen molar-refractivity contribution in [2.24, 2.45) is 0 Å². The van der Waals surface area contributed by atoms with Crippen LogP contribution < -0.4 is 14.2 Å². The molecule has 9 heteroatoms. The number of Topliss-reactive ketones (excluding diaryl/α,β-unsaturated/α-hetero) is 1. The zero-order valence-electron chi connectivity index (χ0n) is 21.0.